The number of hydrogen-bond donors (Lipinski definition) is 2. The summed E-state index contributed by atoms with van der Waals surface area (Å²) >= 11 is 0. The summed E-state index contributed by atoms with van der Waals surface area (Å²) in [5.41, 5.74) is 2.58. The molecule has 1 aromatic carbocycles. The van der Waals surface area contributed by atoms with E-state index in [9.17, 15) is 0 Å². The quantitative estimate of drug-likeness (QED) is 0.776. The molecule has 1 rings (SSSR count). The second kappa shape index (κ2) is 5.29. The van der Waals surface area contributed by atoms with Crippen molar-refractivity contribution in [2.75, 3.05) is 6.61 Å². The fraction of sp³-hybridized carbons (Fsp3) is 0.538. The lowest BCUT2D eigenvalue weighted by molar-refractivity contribution is 0.230. The fourth-order valence-electron chi connectivity index (χ4n) is 1.53. The third-order valence-corrected chi connectivity index (χ3v) is 2.59. The highest BCUT2D eigenvalue weighted by Crippen LogP contribution is 2.10. The van der Waals surface area contributed by atoms with Gasteiger partial charge in [0, 0.05) is 18.7 Å². The minimum atomic E-state index is -0.00149. The van der Waals surface area contributed by atoms with Crippen LogP contribution >= 0.6 is 0 Å². The van der Waals surface area contributed by atoms with Crippen molar-refractivity contribution >= 4 is 0 Å². The van der Waals surface area contributed by atoms with Gasteiger partial charge < -0.3 is 10.4 Å². The van der Waals surface area contributed by atoms with E-state index in [0.29, 0.717) is 0 Å². The molecule has 0 spiro atoms. The van der Waals surface area contributed by atoms with Gasteiger partial charge in [0.05, 0.1) is 0 Å². The summed E-state index contributed by atoms with van der Waals surface area (Å²) in [7, 11) is 0. The molecule has 2 N–H and O–H groups in total. The van der Waals surface area contributed by atoms with Crippen molar-refractivity contribution in [3.8, 4) is 0 Å². The summed E-state index contributed by atoms with van der Waals surface area (Å²) in [5, 5.41) is 12.3. The van der Waals surface area contributed by atoms with Gasteiger partial charge in [-0.25, -0.2) is 0 Å². The van der Waals surface area contributed by atoms with Crippen molar-refractivity contribution in [1.82, 2.24) is 5.32 Å². The monoisotopic (exact) mass is 207 g/mol. The molecule has 84 valence electrons. The predicted octanol–water partition coefficient (Wildman–Crippen LogP) is 2.25. The zero-order valence-corrected chi connectivity index (χ0v) is 9.88. The Balaban J connectivity index is 2.49. The van der Waals surface area contributed by atoms with E-state index in [4.69, 9.17) is 5.11 Å². The van der Waals surface area contributed by atoms with Crippen LogP contribution < -0.4 is 5.32 Å². The summed E-state index contributed by atoms with van der Waals surface area (Å²) in [6.07, 6.45) is 0.777. The van der Waals surface area contributed by atoms with Gasteiger partial charge in [-0.1, -0.05) is 29.8 Å². The SMILES string of the molecule is Cc1cccc(CNC(C)(C)CCO)c1. The van der Waals surface area contributed by atoms with Crippen LogP contribution in [-0.4, -0.2) is 17.3 Å². The van der Waals surface area contributed by atoms with Gasteiger partial charge in [0.1, 0.15) is 0 Å². The Morgan fingerprint density at radius 3 is 2.67 bits per heavy atom. The first-order valence-corrected chi connectivity index (χ1v) is 5.45. The molecule has 0 bridgehead atoms. The predicted molar refractivity (Wildman–Crippen MR) is 63.8 cm³/mol. The van der Waals surface area contributed by atoms with E-state index in [1.54, 1.807) is 0 Å². The molecular weight excluding hydrogens is 186 g/mol. The maximum atomic E-state index is 8.90. The first-order valence-electron chi connectivity index (χ1n) is 5.45. The minimum Gasteiger partial charge on any atom is -0.396 e. The van der Waals surface area contributed by atoms with E-state index in [2.05, 4.69) is 50.4 Å². The highest BCUT2D eigenvalue weighted by atomic mass is 16.3. The van der Waals surface area contributed by atoms with Crippen molar-refractivity contribution in [2.24, 2.45) is 0 Å². The molecular formula is C13H21NO. The molecule has 0 fully saturated rings. The number of nitrogens with one attached hydrogen (secondary N) is 1. The average molecular weight is 207 g/mol. The summed E-state index contributed by atoms with van der Waals surface area (Å²) in [6, 6.07) is 8.48. The van der Waals surface area contributed by atoms with Crippen LogP contribution in [0.3, 0.4) is 0 Å². The summed E-state index contributed by atoms with van der Waals surface area (Å²) in [5.74, 6) is 0. The lowest BCUT2D eigenvalue weighted by Crippen LogP contribution is -2.39. The summed E-state index contributed by atoms with van der Waals surface area (Å²) in [6.45, 7) is 7.41. The maximum Gasteiger partial charge on any atom is 0.0448 e. The Hall–Kier alpha value is -0.860. The van der Waals surface area contributed by atoms with Crippen molar-refractivity contribution < 1.29 is 5.11 Å². The Labute approximate surface area is 92.3 Å². The number of aliphatic hydroxyl groups excluding tert-OH is 1. The van der Waals surface area contributed by atoms with E-state index in [0.717, 1.165) is 13.0 Å². The van der Waals surface area contributed by atoms with E-state index < -0.39 is 0 Å². The lowest BCUT2D eigenvalue weighted by Gasteiger charge is -2.25. The second-order valence-corrected chi connectivity index (χ2v) is 4.70. The maximum absolute atomic E-state index is 8.90. The normalized spacial score (nSPS) is 11.7. The van der Waals surface area contributed by atoms with Crippen LogP contribution in [0.25, 0.3) is 0 Å². The summed E-state index contributed by atoms with van der Waals surface area (Å²) in [4.78, 5) is 0. The van der Waals surface area contributed by atoms with Crippen molar-refractivity contribution in [3.63, 3.8) is 0 Å². The third-order valence-electron chi connectivity index (χ3n) is 2.59. The number of hydrogen-bond acceptors (Lipinski definition) is 2. The molecule has 2 heteroatoms. The van der Waals surface area contributed by atoms with Gasteiger partial charge in [-0.3, -0.25) is 0 Å². The van der Waals surface area contributed by atoms with Gasteiger partial charge in [-0.15, -0.1) is 0 Å². The van der Waals surface area contributed by atoms with E-state index in [-0.39, 0.29) is 12.1 Å². The largest absolute Gasteiger partial charge is 0.396 e. The zero-order chi connectivity index (χ0) is 11.3. The third kappa shape index (κ3) is 4.45. The number of rotatable bonds is 5. The lowest BCUT2D eigenvalue weighted by atomic mass is 10.0. The molecule has 0 aliphatic carbocycles. The Kier molecular flexibility index (Phi) is 4.30. The molecule has 0 amide bonds. The zero-order valence-electron chi connectivity index (χ0n) is 9.88. The van der Waals surface area contributed by atoms with Gasteiger partial charge in [0.15, 0.2) is 0 Å². The molecule has 2 nitrogen and oxygen atoms in total. The van der Waals surface area contributed by atoms with E-state index >= 15 is 0 Å². The summed E-state index contributed by atoms with van der Waals surface area (Å²) < 4.78 is 0. The highest BCUT2D eigenvalue weighted by Gasteiger charge is 2.15. The number of benzene rings is 1. The Morgan fingerprint density at radius 1 is 1.33 bits per heavy atom. The first-order chi connectivity index (χ1) is 7.03. The average Bonchev–Trinajstić information content (AvgIpc) is 2.15. The molecule has 0 aromatic heterocycles. The van der Waals surface area contributed by atoms with Crippen LogP contribution in [0.2, 0.25) is 0 Å². The molecule has 1 aromatic rings. The highest BCUT2D eigenvalue weighted by molar-refractivity contribution is 5.22. The molecule has 0 unspecified atom stereocenters. The van der Waals surface area contributed by atoms with Crippen LogP contribution in [0.1, 0.15) is 31.4 Å². The molecule has 0 aliphatic heterocycles. The van der Waals surface area contributed by atoms with Crippen molar-refractivity contribution in [3.05, 3.63) is 35.4 Å². The van der Waals surface area contributed by atoms with Gasteiger partial charge >= 0.3 is 0 Å². The van der Waals surface area contributed by atoms with Crippen LogP contribution in [0.4, 0.5) is 0 Å². The van der Waals surface area contributed by atoms with Gasteiger partial charge in [-0.05, 0) is 32.8 Å². The molecule has 0 atom stereocenters. The van der Waals surface area contributed by atoms with Crippen LogP contribution in [0, 0.1) is 6.92 Å². The smallest absolute Gasteiger partial charge is 0.0448 e. The fourth-order valence-corrected chi connectivity index (χ4v) is 1.53. The van der Waals surface area contributed by atoms with Gasteiger partial charge in [-0.2, -0.15) is 0 Å². The van der Waals surface area contributed by atoms with E-state index in [1.165, 1.54) is 11.1 Å². The standard InChI is InChI=1S/C13H21NO/c1-11-5-4-6-12(9-11)10-14-13(2,3)7-8-15/h4-6,9,14-15H,7-8,10H2,1-3H3. The second-order valence-electron chi connectivity index (χ2n) is 4.70. The molecule has 0 radical (unpaired) electrons. The first kappa shape index (κ1) is 12.2. The Bertz CT molecular complexity index is 307. The van der Waals surface area contributed by atoms with Gasteiger partial charge in [0.2, 0.25) is 0 Å². The van der Waals surface area contributed by atoms with Crippen LogP contribution in [-0.2, 0) is 6.54 Å². The molecule has 0 saturated carbocycles. The van der Waals surface area contributed by atoms with Crippen LogP contribution in [0.15, 0.2) is 24.3 Å². The Morgan fingerprint density at radius 2 is 2.07 bits per heavy atom. The number of aliphatic hydroxyl groups is 1. The van der Waals surface area contributed by atoms with E-state index in [1.807, 2.05) is 0 Å². The van der Waals surface area contributed by atoms with Crippen molar-refractivity contribution in [2.45, 2.75) is 39.3 Å². The molecule has 0 aliphatic rings. The minimum absolute atomic E-state index is 0.00149. The molecule has 0 heterocycles. The van der Waals surface area contributed by atoms with Crippen molar-refractivity contribution in [1.29, 1.82) is 0 Å². The number of aryl methyl sites for hydroxylation is 1. The topological polar surface area (TPSA) is 32.3 Å². The van der Waals surface area contributed by atoms with Crippen LogP contribution in [0.5, 0.6) is 0 Å². The molecule has 0 saturated heterocycles. The van der Waals surface area contributed by atoms with Gasteiger partial charge in [0.25, 0.3) is 0 Å². The molecule has 15 heavy (non-hydrogen) atoms.